The van der Waals surface area contributed by atoms with E-state index in [1.165, 1.54) is 0 Å². The van der Waals surface area contributed by atoms with E-state index in [-0.39, 0.29) is 0 Å². The Morgan fingerprint density at radius 3 is 2.60 bits per heavy atom. The highest BCUT2D eigenvalue weighted by Gasteiger charge is 2.02. The van der Waals surface area contributed by atoms with Gasteiger partial charge in [-0.3, -0.25) is 0 Å². The second-order valence-electron chi connectivity index (χ2n) is 1.57. The number of aromatic nitrogens is 1. The minimum absolute atomic E-state index is 0.670. The molecular formula is C6H2I2N2. The molecule has 0 aliphatic carbocycles. The minimum atomic E-state index is 0.670. The number of nitrogens with zero attached hydrogens (tertiary/aromatic N) is 2. The molecule has 0 amide bonds. The van der Waals surface area contributed by atoms with Gasteiger partial charge >= 0.3 is 0 Å². The van der Waals surface area contributed by atoms with Gasteiger partial charge in [-0.25, -0.2) is 4.98 Å². The first-order chi connectivity index (χ1) is 4.75. The van der Waals surface area contributed by atoms with Crippen LogP contribution >= 0.6 is 45.2 Å². The van der Waals surface area contributed by atoms with Crippen LogP contribution in [0.2, 0.25) is 0 Å². The van der Waals surface area contributed by atoms with E-state index in [4.69, 9.17) is 5.26 Å². The molecule has 0 radical (unpaired) electrons. The average molecular weight is 356 g/mol. The molecule has 0 saturated carbocycles. The summed E-state index contributed by atoms with van der Waals surface area (Å²) in [4.78, 5) is 3.97. The van der Waals surface area contributed by atoms with Crippen molar-refractivity contribution in [2.75, 3.05) is 0 Å². The van der Waals surface area contributed by atoms with Gasteiger partial charge in [0.15, 0.2) is 0 Å². The molecule has 1 aromatic rings. The fourth-order valence-electron chi connectivity index (χ4n) is 0.514. The summed E-state index contributed by atoms with van der Waals surface area (Å²) in [7, 11) is 0. The van der Waals surface area contributed by atoms with Gasteiger partial charge in [-0.15, -0.1) is 0 Å². The Hall–Kier alpha value is 0.100. The van der Waals surface area contributed by atoms with E-state index in [1.54, 1.807) is 6.20 Å². The maximum absolute atomic E-state index is 8.60. The summed E-state index contributed by atoms with van der Waals surface area (Å²) in [6.45, 7) is 0. The van der Waals surface area contributed by atoms with Crippen LogP contribution in [0, 0.1) is 18.6 Å². The lowest BCUT2D eigenvalue weighted by Gasteiger charge is -1.94. The Morgan fingerprint density at radius 2 is 2.20 bits per heavy atom. The highest BCUT2D eigenvalue weighted by Crippen LogP contribution is 2.14. The van der Waals surface area contributed by atoms with Crippen LogP contribution in [0.1, 0.15) is 5.56 Å². The maximum atomic E-state index is 8.60. The second kappa shape index (κ2) is 3.48. The normalized spacial score (nSPS) is 8.90. The first-order valence-electron chi connectivity index (χ1n) is 2.46. The molecule has 0 N–H and O–H groups in total. The summed E-state index contributed by atoms with van der Waals surface area (Å²) < 4.78 is 1.73. The summed E-state index contributed by atoms with van der Waals surface area (Å²) in [6, 6.07) is 3.91. The Bertz CT molecular complexity index is 270. The average Bonchev–Trinajstić information content (AvgIpc) is 1.88. The lowest BCUT2D eigenvalue weighted by atomic mass is 10.3. The summed E-state index contributed by atoms with van der Waals surface area (Å²) in [5, 5.41) is 8.60. The summed E-state index contributed by atoms with van der Waals surface area (Å²) in [5.41, 5.74) is 0.670. The van der Waals surface area contributed by atoms with E-state index in [9.17, 15) is 0 Å². The van der Waals surface area contributed by atoms with Crippen molar-refractivity contribution in [2.24, 2.45) is 0 Å². The van der Waals surface area contributed by atoms with Crippen molar-refractivity contribution >= 4 is 45.2 Å². The molecule has 0 unspecified atom stereocenters. The largest absolute Gasteiger partial charge is 0.249 e. The van der Waals surface area contributed by atoms with Crippen LogP contribution < -0.4 is 0 Å². The monoisotopic (exact) mass is 356 g/mol. The van der Waals surface area contributed by atoms with Gasteiger partial charge in [0, 0.05) is 9.77 Å². The van der Waals surface area contributed by atoms with Crippen LogP contribution in [-0.2, 0) is 0 Å². The van der Waals surface area contributed by atoms with Crippen molar-refractivity contribution in [3.8, 4) is 6.07 Å². The third-order valence-electron chi connectivity index (χ3n) is 0.966. The van der Waals surface area contributed by atoms with Gasteiger partial charge in [0.05, 0.1) is 5.56 Å². The zero-order valence-electron chi connectivity index (χ0n) is 4.81. The molecule has 10 heavy (non-hydrogen) atoms. The molecule has 1 rings (SSSR count). The van der Waals surface area contributed by atoms with Gasteiger partial charge in [0.1, 0.15) is 9.77 Å². The molecule has 1 aromatic heterocycles. The molecule has 0 saturated heterocycles. The van der Waals surface area contributed by atoms with Gasteiger partial charge in [0.25, 0.3) is 0 Å². The smallest absolute Gasteiger partial charge is 0.120 e. The van der Waals surface area contributed by atoms with Crippen molar-refractivity contribution in [3.63, 3.8) is 0 Å². The zero-order valence-corrected chi connectivity index (χ0v) is 9.12. The van der Waals surface area contributed by atoms with Crippen LogP contribution in [0.15, 0.2) is 12.3 Å². The Kier molecular flexibility index (Phi) is 2.85. The van der Waals surface area contributed by atoms with Gasteiger partial charge < -0.3 is 0 Å². The number of pyridine rings is 1. The van der Waals surface area contributed by atoms with Crippen molar-refractivity contribution < 1.29 is 0 Å². The predicted molar refractivity (Wildman–Crippen MR) is 54.4 cm³/mol. The number of halogens is 2. The third kappa shape index (κ3) is 1.58. The predicted octanol–water partition coefficient (Wildman–Crippen LogP) is 2.16. The molecular weight excluding hydrogens is 354 g/mol. The van der Waals surface area contributed by atoms with E-state index in [0.29, 0.717) is 5.56 Å². The SMILES string of the molecule is N#Cc1c(I)ccnc1I. The molecule has 0 aliphatic heterocycles. The third-order valence-corrected chi connectivity index (χ3v) is 2.68. The van der Waals surface area contributed by atoms with E-state index < -0.39 is 0 Å². The lowest BCUT2D eigenvalue weighted by Crippen LogP contribution is -1.89. The Labute approximate surface area is 85.9 Å². The summed E-state index contributed by atoms with van der Waals surface area (Å²) in [6.07, 6.45) is 1.70. The van der Waals surface area contributed by atoms with Crippen LogP contribution in [-0.4, -0.2) is 4.98 Å². The van der Waals surface area contributed by atoms with E-state index in [0.717, 1.165) is 7.27 Å². The van der Waals surface area contributed by atoms with E-state index in [1.807, 2.05) is 28.7 Å². The molecule has 0 aliphatic rings. The fraction of sp³-hybridized carbons (Fsp3) is 0. The summed E-state index contributed by atoms with van der Waals surface area (Å²) >= 11 is 4.17. The molecule has 4 heteroatoms. The van der Waals surface area contributed by atoms with Crippen molar-refractivity contribution in [2.45, 2.75) is 0 Å². The van der Waals surface area contributed by atoms with Crippen LogP contribution in [0.5, 0.6) is 0 Å². The van der Waals surface area contributed by atoms with E-state index >= 15 is 0 Å². The second-order valence-corrected chi connectivity index (χ2v) is 3.75. The van der Waals surface area contributed by atoms with Crippen molar-refractivity contribution in [1.29, 1.82) is 5.26 Å². The molecule has 0 spiro atoms. The quantitative estimate of drug-likeness (QED) is 0.528. The van der Waals surface area contributed by atoms with Crippen LogP contribution in [0.3, 0.4) is 0 Å². The summed E-state index contributed by atoms with van der Waals surface area (Å²) in [5.74, 6) is 0. The first-order valence-corrected chi connectivity index (χ1v) is 4.61. The van der Waals surface area contributed by atoms with Gasteiger partial charge in [-0.05, 0) is 51.2 Å². The highest BCUT2D eigenvalue weighted by molar-refractivity contribution is 14.1. The standard InChI is InChI=1S/C6H2I2N2/c7-5-1-2-10-6(8)4(5)3-9/h1-2H. The molecule has 1 heterocycles. The number of rotatable bonds is 0. The molecule has 0 bridgehead atoms. The van der Waals surface area contributed by atoms with Crippen LogP contribution in [0.25, 0.3) is 0 Å². The lowest BCUT2D eigenvalue weighted by molar-refractivity contribution is 1.23. The maximum Gasteiger partial charge on any atom is 0.120 e. The number of nitriles is 1. The fourth-order valence-corrected chi connectivity index (χ4v) is 2.14. The number of hydrogen-bond acceptors (Lipinski definition) is 2. The molecule has 2 nitrogen and oxygen atoms in total. The Morgan fingerprint density at radius 1 is 1.50 bits per heavy atom. The van der Waals surface area contributed by atoms with Gasteiger partial charge in [-0.2, -0.15) is 5.26 Å². The molecule has 0 fully saturated rings. The van der Waals surface area contributed by atoms with Crippen molar-refractivity contribution in [3.05, 3.63) is 25.1 Å². The number of hydrogen-bond donors (Lipinski definition) is 0. The zero-order chi connectivity index (χ0) is 7.56. The topological polar surface area (TPSA) is 36.7 Å². The highest BCUT2D eigenvalue weighted by atomic mass is 127. The van der Waals surface area contributed by atoms with Gasteiger partial charge in [0.2, 0.25) is 0 Å². The molecule has 0 atom stereocenters. The van der Waals surface area contributed by atoms with Gasteiger partial charge in [-0.1, -0.05) is 0 Å². The van der Waals surface area contributed by atoms with Crippen LogP contribution in [0.4, 0.5) is 0 Å². The van der Waals surface area contributed by atoms with E-state index in [2.05, 4.69) is 33.6 Å². The Balaban J connectivity index is 3.34. The van der Waals surface area contributed by atoms with Crippen molar-refractivity contribution in [1.82, 2.24) is 4.98 Å². The minimum Gasteiger partial charge on any atom is -0.249 e. The molecule has 0 aromatic carbocycles. The first kappa shape index (κ1) is 8.20. The molecule has 50 valence electrons.